The monoisotopic (exact) mass is 295 g/mol. The molecule has 0 heterocycles. The molecule has 0 fully saturated rings. The molecule has 0 aliphatic carbocycles. The molecule has 0 amide bonds. The fourth-order valence-electron chi connectivity index (χ4n) is 1.91. The number of benzene rings is 1. The minimum atomic E-state index is -0.903. The maximum absolute atomic E-state index is 11.5. The van der Waals surface area contributed by atoms with Crippen LogP contribution in [-0.2, 0) is 4.79 Å². The predicted molar refractivity (Wildman–Crippen MR) is 82.0 cm³/mol. The summed E-state index contributed by atoms with van der Waals surface area (Å²) in [4.78, 5) is 11.5. The Morgan fingerprint density at radius 3 is 2.57 bits per heavy atom. The number of carbonyl (C=O) groups is 1. The zero-order valence-corrected chi connectivity index (χ0v) is 13.2. The Morgan fingerprint density at radius 2 is 2.05 bits per heavy atom. The van der Waals surface area contributed by atoms with E-state index in [9.17, 15) is 9.90 Å². The minimum absolute atomic E-state index is 0.119. The molecule has 21 heavy (non-hydrogen) atoms. The first kappa shape index (κ1) is 17.3. The van der Waals surface area contributed by atoms with Gasteiger partial charge < -0.3 is 14.6 Å². The third kappa shape index (κ3) is 4.93. The van der Waals surface area contributed by atoms with Crippen LogP contribution in [0.25, 0.3) is 0 Å². The fraction of sp³-hybridized carbons (Fsp3) is 0.562. The first-order valence-corrected chi connectivity index (χ1v) is 7.33. The van der Waals surface area contributed by atoms with Crippen molar-refractivity contribution in [1.82, 2.24) is 5.32 Å². The summed E-state index contributed by atoms with van der Waals surface area (Å²) in [5, 5.41) is 12.5. The predicted octanol–water partition coefficient (Wildman–Crippen LogP) is 3.00. The van der Waals surface area contributed by atoms with Crippen LogP contribution in [0.3, 0.4) is 0 Å². The number of hydrogen-bond donors (Lipinski definition) is 2. The first-order valence-electron chi connectivity index (χ1n) is 7.33. The van der Waals surface area contributed by atoms with Gasteiger partial charge in [0.15, 0.2) is 11.5 Å². The highest BCUT2D eigenvalue weighted by atomic mass is 16.5. The number of hydrogen-bond acceptors (Lipinski definition) is 4. The third-order valence-electron chi connectivity index (χ3n) is 3.29. The SMILES string of the molecule is CCCOc1ccc(C(NC(C)CC)C(=O)O)cc1OC. The molecule has 118 valence electrons. The van der Waals surface area contributed by atoms with Crippen molar-refractivity contribution < 1.29 is 19.4 Å². The molecule has 0 bridgehead atoms. The van der Waals surface area contributed by atoms with E-state index in [1.165, 1.54) is 0 Å². The molecule has 0 spiro atoms. The Bertz CT molecular complexity index is 462. The summed E-state index contributed by atoms with van der Waals surface area (Å²) in [6.07, 6.45) is 1.76. The molecule has 0 saturated heterocycles. The lowest BCUT2D eigenvalue weighted by atomic mass is 10.0. The molecule has 0 radical (unpaired) electrons. The van der Waals surface area contributed by atoms with Crippen LogP contribution >= 0.6 is 0 Å². The number of carboxylic acids is 1. The van der Waals surface area contributed by atoms with Gasteiger partial charge in [0.05, 0.1) is 13.7 Å². The van der Waals surface area contributed by atoms with Crippen LogP contribution in [0.15, 0.2) is 18.2 Å². The second kappa shape index (κ2) is 8.52. The summed E-state index contributed by atoms with van der Waals surface area (Å²) in [5.74, 6) is 0.286. The highest BCUT2D eigenvalue weighted by Gasteiger charge is 2.22. The van der Waals surface area contributed by atoms with E-state index in [-0.39, 0.29) is 6.04 Å². The van der Waals surface area contributed by atoms with Crippen molar-refractivity contribution in [2.24, 2.45) is 0 Å². The van der Waals surface area contributed by atoms with Crippen LogP contribution in [0.4, 0.5) is 0 Å². The molecule has 5 heteroatoms. The molecule has 1 rings (SSSR count). The molecule has 2 unspecified atom stereocenters. The third-order valence-corrected chi connectivity index (χ3v) is 3.29. The lowest BCUT2D eigenvalue weighted by Crippen LogP contribution is -2.34. The zero-order chi connectivity index (χ0) is 15.8. The van der Waals surface area contributed by atoms with Gasteiger partial charge in [-0.25, -0.2) is 0 Å². The molecule has 0 saturated carbocycles. The number of carboxylic acid groups (broad SMARTS) is 1. The van der Waals surface area contributed by atoms with E-state index in [4.69, 9.17) is 9.47 Å². The average molecular weight is 295 g/mol. The molecule has 2 atom stereocenters. The smallest absolute Gasteiger partial charge is 0.325 e. The lowest BCUT2D eigenvalue weighted by molar-refractivity contribution is -0.139. The molecule has 1 aromatic carbocycles. The fourth-order valence-corrected chi connectivity index (χ4v) is 1.91. The summed E-state index contributed by atoms with van der Waals surface area (Å²) in [5.41, 5.74) is 0.656. The topological polar surface area (TPSA) is 67.8 Å². The van der Waals surface area contributed by atoms with Crippen molar-refractivity contribution in [3.8, 4) is 11.5 Å². The van der Waals surface area contributed by atoms with Crippen LogP contribution in [0.1, 0.15) is 45.2 Å². The van der Waals surface area contributed by atoms with Crippen molar-refractivity contribution >= 4 is 5.97 Å². The van der Waals surface area contributed by atoms with Crippen LogP contribution in [0.5, 0.6) is 11.5 Å². The minimum Gasteiger partial charge on any atom is -0.493 e. The zero-order valence-electron chi connectivity index (χ0n) is 13.2. The van der Waals surface area contributed by atoms with E-state index in [1.54, 1.807) is 25.3 Å². The normalized spacial score (nSPS) is 13.5. The van der Waals surface area contributed by atoms with E-state index in [0.29, 0.717) is 23.7 Å². The quantitative estimate of drug-likeness (QED) is 0.733. The van der Waals surface area contributed by atoms with E-state index >= 15 is 0 Å². The Balaban J connectivity index is 3.01. The average Bonchev–Trinajstić information content (AvgIpc) is 2.49. The maximum atomic E-state index is 11.5. The lowest BCUT2D eigenvalue weighted by Gasteiger charge is -2.20. The second-order valence-corrected chi connectivity index (χ2v) is 5.01. The summed E-state index contributed by atoms with van der Waals surface area (Å²) < 4.78 is 10.9. The number of aliphatic carboxylic acids is 1. The van der Waals surface area contributed by atoms with Gasteiger partial charge in [0.25, 0.3) is 0 Å². The maximum Gasteiger partial charge on any atom is 0.325 e. The molecule has 1 aromatic rings. The van der Waals surface area contributed by atoms with Gasteiger partial charge in [-0.2, -0.15) is 0 Å². The van der Waals surface area contributed by atoms with Gasteiger partial charge in [0, 0.05) is 6.04 Å². The molecule has 0 aliphatic heterocycles. The van der Waals surface area contributed by atoms with Crippen molar-refractivity contribution in [2.45, 2.75) is 45.7 Å². The Labute approximate surface area is 126 Å². The van der Waals surface area contributed by atoms with E-state index < -0.39 is 12.0 Å². The molecule has 0 aromatic heterocycles. The highest BCUT2D eigenvalue weighted by molar-refractivity contribution is 5.76. The largest absolute Gasteiger partial charge is 0.493 e. The van der Waals surface area contributed by atoms with Crippen LogP contribution in [-0.4, -0.2) is 30.8 Å². The summed E-state index contributed by atoms with van der Waals surface area (Å²) in [6.45, 7) is 6.60. The summed E-state index contributed by atoms with van der Waals surface area (Å²) in [7, 11) is 1.55. The van der Waals surface area contributed by atoms with Crippen molar-refractivity contribution in [3.05, 3.63) is 23.8 Å². The molecule has 2 N–H and O–H groups in total. The van der Waals surface area contributed by atoms with Crippen LogP contribution in [0.2, 0.25) is 0 Å². The van der Waals surface area contributed by atoms with Gasteiger partial charge >= 0.3 is 5.97 Å². The first-order chi connectivity index (χ1) is 10.0. The molecule has 0 aliphatic rings. The van der Waals surface area contributed by atoms with E-state index in [1.807, 2.05) is 20.8 Å². The van der Waals surface area contributed by atoms with Gasteiger partial charge in [-0.3, -0.25) is 10.1 Å². The van der Waals surface area contributed by atoms with Gasteiger partial charge in [0.2, 0.25) is 0 Å². The second-order valence-electron chi connectivity index (χ2n) is 5.01. The Morgan fingerprint density at radius 1 is 1.33 bits per heavy atom. The van der Waals surface area contributed by atoms with Crippen molar-refractivity contribution in [2.75, 3.05) is 13.7 Å². The van der Waals surface area contributed by atoms with Gasteiger partial charge in [0.1, 0.15) is 6.04 Å². The number of nitrogens with one attached hydrogen (secondary N) is 1. The number of methoxy groups -OCH3 is 1. The van der Waals surface area contributed by atoms with Crippen molar-refractivity contribution in [3.63, 3.8) is 0 Å². The van der Waals surface area contributed by atoms with Crippen molar-refractivity contribution in [1.29, 1.82) is 0 Å². The van der Waals surface area contributed by atoms with E-state index in [2.05, 4.69) is 5.32 Å². The van der Waals surface area contributed by atoms with Crippen LogP contribution in [0, 0.1) is 0 Å². The van der Waals surface area contributed by atoms with Crippen LogP contribution < -0.4 is 14.8 Å². The molecular formula is C16H25NO4. The number of ether oxygens (including phenoxy) is 2. The Hall–Kier alpha value is -1.75. The Kier molecular flexibility index (Phi) is 7.02. The molecule has 5 nitrogen and oxygen atoms in total. The highest BCUT2D eigenvalue weighted by Crippen LogP contribution is 2.30. The van der Waals surface area contributed by atoms with E-state index in [0.717, 1.165) is 12.8 Å². The van der Waals surface area contributed by atoms with Gasteiger partial charge in [-0.05, 0) is 37.5 Å². The summed E-state index contributed by atoms with van der Waals surface area (Å²) in [6, 6.07) is 4.61. The standard InChI is InChI=1S/C16H25NO4/c1-5-9-21-13-8-7-12(10-14(13)20-4)15(16(18)19)17-11(3)6-2/h7-8,10-11,15,17H,5-6,9H2,1-4H3,(H,18,19). The van der Waals surface area contributed by atoms with Gasteiger partial charge in [-0.1, -0.05) is 19.9 Å². The van der Waals surface area contributed by atoms with Gasteiger partial charge in [-0.15, -0.1) is 0 Å². The number of rotatable bonds is 9. The molecular weight excluding hydrogens is 270 g/mol. The summed E-state index contributed by atoms with van der Waals surface area (Å²) >= 11 is 0.